The monoisotopic (exact) mass is 427 g/mol. The number of nitrogens with zero attached hydrogens (tertiary/aromatic N) is 1. The smallest absolute Gasteiger partial charge is 0.326 e. The Morgan fingerprint density at radius 1 is 0.967 bits per heavy atom. The summed E-state index contributed by atoms with van der Waals surface area (Å²) in [4.78, 5) is 50.9. The van der Waals surface area contributed by atoms with Crippen molar-refractivity contribution >= 4 is 34.5 Å². The molecule has 0 spiro atoms. The van der Waals surface area contributed by atoms with Crippen molar-refractivity contribution in [3.63, 3.8) is 0 Å². The van der Waals surface area contributed by atoms with Crippen LogP contribution in [0.25, 0.3) is 0 Å². The lowest BCUT2D eigenvalue weighted by molar-refractivity contribution is -0.150. The van der Waals surface area contributed by atoms with Crippen LogP contribution < -0.4 is 0 Å². The molecule has 2 aromatic rings. The van der Waals surface area contributed by atoms with Gasteiger partial charge in [-0.25, -0.2) is 4.79 Å². The first kappa shape index (κ1) is 23.3. The van der Waals surface area contributed by atoms with Crippen molar-refractivity contribution in [2.24, 2.45) is 5.92 Å². The highest BCUT2D eigenvalue weighted by atomic mass is 32.2. The minimum Gasteiger partial charge on any atom is -0.480 e. The van der Waals surface area contributed by atoms with Crippen molar-refractivity contribution < 1.29 is 24.3 Å². The number of carbonyl (C=O) groups is 4. The van der Waals surface area contributed by atoms with E-state index in [0.29, 0.717) is 5.56 Å². The van der Waals surface area contributed by atoms with Crippen LogP contribution in [0, 0.1) is 5.92 Å². The largest absolute Gasteiger partial charge is 0.480 e. The second-order valence-electron chi connectivity index (χ2n) is 7.04. The van der Waals surface area contributed by atoms with Crippen LogP contribution in [0.4, 0.5) is 0 Å². The predicted octanol–water partition coefficient (Wildman–Crippen LogP) is 3.31. The van der Waals surface area contributed by atoms with Crippen LogP contribution in [0.15, 0.2) is 60.7 Å². The number of rotatable bonds is 9. The summed E-state index contributed by atoms with van der Waals surface area (Å²) in [5, 5.41) is 8.46. The number of Topliss-reactive ketones (excluding diaryl/α,β-unsaturated/α-hetero) is 1. The number of carboxylic acids is 1. The first-order valence-corrected chi connectivity index (χ1v) is 10.4. The van der Waals surface area contributed by atoms with Crippen molar-refractivity contribution in [2.45, 2.75) is 31.6 Å². The van der Waals surface area contributed by atoms with E-state index in [0.717, 1.165) is 22.2 Å². The summed E-state index contributed by atoms with van der Waals surface area (Å²) in [6.07, 6.45) is 0.141. The van der Waals surface area contributed by atoms with Crippen LogP contribution in [0.5, 0.6) is 0 Å². The van der Waals surface area contributed by atoms with Crippen molar-refractivity contribution in [1.82, 2.24) is 4.90 Å². The zero-order chi connectivity index (χ0) is 22.3. The molecule has 2 unspecified atom stereocenters. The van der Waals surface area contributed by atoms with Gasteiger partial charge in [-0.15, -0.1) is 0 Å². The Morgan fingerprint density at radius 3 is 2.00 bits per heavy atom. The molecular formula is C23H25NO5S. The quantitative estimate of drug-likeness (QED) is 0.618. The van der Waals surface area contributed by atoms with Gasteiger partial charge in [0.15, 0.2) is 10.9 Å². The SMILES string of the molecule is CC(=O)SC(C(=O)c1ccccc1)C(C)C(=O)N(C)[C@@H](Cc1ccccc1)C(=O)O. The Labute approximate surface area is 180 Å². The average Bonchev–Trinajstić information content (AvgIpc) is 2.74. The summed E-state index contributed by atoms with van der Waals surface area (Å²) in [5.74, 6) is -2.84. The van der Waals surface area contributed by atoms with Gasteiger partial charge in [0.2, 0.25) is 5.91 Å². The lowest BCUT2D eigenvalue weighted by Gasteiger charge is -2.30. The van der Waals surface area contributed by atoms with Gasteiger partial charge in [-0.3, -0.25) is 14.4 Å². The maximum absolute atomic E-state index is 13.1. The Hall–Kier alpha value is -2.93. The van der Waals surface area contributed by atoms with Crippen LogP contribution in [0.3, 0.4) is 0 Å². The van der Waals surface area contributed by atoms with E-state index in [-0.39, 0.29) is 17.3 Å². The molecule has 0 aliphatic rings. The third-order valence-electron chi connectivity index (χ3n) is 4.83. The first-order chi connectivity index (χ1) is 14.2. The van der Waals surface area contributed by atoms with Crippen LogP contribution in [-0.4, -0.2) is 51.1 Å². The van der Waals surface area contributed by atoms with Crippen molar-refractivity contribution in [3.05, 3.63) is 71.8 Å². The van der Waals surface area contributed by atoms with Gasteiger partial charge in [-0.1, -0.05) is 79.3 Å². The van der Waals surface area contributed by atoms with E-state index in [1.165, 1.54) is 14.0 Å². The van der Waals surface area contributed by atoms with Gasteiger partial charge in [-0.2, -0.15) is 0 Å². The fourth-order valence-corrected chi connectivity index (χ4v) is 4.08. The lowest BCUT2D eigenvalue weighted by Crippen LogP contribution is -2.48. The molecule has 0 aliphatic heterocycles. The highest BCUT2D eigenvalue weighted by Gasteiger charge is 2.37. The molecule has 0 saturated carbocycles. The van der Waals surface area contributed by atoms with Crippen LogP contribution >= 0.6 is 11.8 Å². The van der Waals surface area contributed by atoms with Crippen LogP contribution in [0.2, 0.25) is 0 Å². The van der Waals surface area contributed by atoms with E-state index in [2.05, 4.69) is 0 Å². The Balaban J connectivity index is 2.25. The highest BCUT2D eigenvalue weighted by molar-refractivity contribution is 8.14. The molecule has 158 valence electrons. The fraction of sp³-hybridized carbons (Fsp3) is 0.304. The van der Waals surface area contributed by atoms with Gasteiger partial charge in [0.1, 0.15) is 6.04 Å². The summed E-state index contributed by atoms with van der Waals surface area (Å²) in [7, 11) is 1.42. The number of amides is 1. The molecule has 2 rings (SSSR count). The molecular weight excluding hydrogens is 402 g/mol. The Kier molecular flexibility index (Phi) is 8.35. The van der Waals surface area contributed by atoms with E-state index >= 15 is 0 Å². The molecule has 1 N–H and O–H groups in total. The number of benzene rings is 2. The molecule has 30 heavy (non-hydrogen) atoms. The maximum Gasteiger partial charge on any atom is 0.326 e. The van der Waals surface area contributed by atoms with Crippen LogP contribution in [0.1, 0.15) is 29.8 Å². The molecule has 2 aromatic carbocycles. The second-order valence-corrected chi connectivity index (χ2v) is 8.36. The summed E-state index contributed by atoms with van der Waals surface area (Å²) in [6, 6.07) is 16.4. The van der Waals surface area contributed by atoms with Gasteiger partial charge in [-0.05, 0) is 5.56 Å². The summed E-state index contributed by atoms with van der Waals surface area (Å²) in [5.41, 5.74) is 1.19. The zero-order valence-corrected chi connectivity index (χ0v) is 18.0. The number of thioether (sulfide) groups is 1. The fourth-order valence-electron chi connectivity index (χ4n) is 3.16. The van der Waals surface area contributed by atoms with E-state index in [1.807, 2.05) is 6.07 Å². The molecule has 0 fully saturated rings. The van der Waals surface area contributed by atoms with Crippen LogP contribution in [-0.2, 0) is 20.8 Å². The summed E-state index contributed by atoms with van der Waals surface area (Å²) < 4.78 is 0. The minimum absolute atomic E-state index is 0.141. The average molecular weight is 428 g/mol. The minimum atomic E-state index is -1.13. The van der Waals surface area contributed by atoms with E-state index < -0.39 is 29.1 Å². The van der Waals surface area contributed by atoms with Gasteiger partial charge in [0.25, 0.3) is 0 Å². The molecule has 3 atom stereocenters. The number of likely N-dealkylation sites (N-methyl/N-ethyl adjacent to an activating group) is 1. The lowest BCUT2D eigenvalue weighted by atomic mass is 9.96. The summed E-state index contributed by atoms with van der Waals surface area (Å²) in [6.45, 7) is 2.90. The number of ketones is 1. The molecule has 1 amide bonds. The van der Waals surface area contributed by atoms with Gasteiger partial charge in [0.05, 0.1) is 11.2 Å². The predicted molar refractivity (Wildman–Crippen MR) is 116 cm³/mol. The molecule has 0 bridgehead atoms. The summed E-state index contributed by atoms with van der Waals surface area (Å²) >= 11 is 0.797. The molecule has 0 aliphatic carbocycles. The third-order valence-corrected chi connectivity index (χ3v) is 6.03. The zero-order valence-electron chi connectivity index (χ0n) is 17.1. The molecule has 0 aromatic heterocycles. The van der Waals surface area contributed by atoms with Crippen molar-refractivity contribution in [1.29, 1.82) is 0 Å². The standard InChI is InChI=1S/C23H25NO5S/c1-15(21(30-16(2)25)20(26)18-12-8-5-9-13-18)22(27)24(3)19(23(28)29)14-17-10-6-4-7-11-17/h4-13,15,19,21H,14H2,1-3H3,(H,28,29)/t15?,19-,21?/m0/s1. The van der Waals surface area contributed by atoms with Gasteiger partial charge in [0, 0.05) is 26.0 Å². The number of hydrogen-bond donors (Lipinski definition) is 1. The van der Waals surface area contributed by atoms with E-state index in [9.17, 15) is 24.3 Å². The van der Waals surface area contributed by atoms with Crippen molar-refractivity contribution in [2.75, 3.05) is 7.05 Å². The molecule has 6 nitrogen and oxygen atoms in total. The Morgan fingerprint density at radius 2 is 1.50 bits per heavy atom. The number of carbonyl (C=O) groups excluding carboxylic acids is 3. The molecule has 7 heteroatoms. The number of carboxylic acid groups (broad SMARTS) is 1. The number of aliphatic carboxylic acids is 1. The third kappa shape index (κ3) is 6.03. The van der Waals surface area contributed by atoms with E-state index in [1.54, 1.807) is 61.5 Å². The molecule has 0 saturated heterocycles. The molecule has 0 heterocycles. The van der Waals surface area contributed by atoms with Gasteiger partial charge >= 0.3 is 5.97 Å². The van der Waals surface area contributed by atoms with Gasteiger partial charge < -0.3 is 10.0 Å². The topological polar surface area (TPSA) is 91.8 Å². The Bertz CT molecular complexity index is 900. The second kappa shape index (κ2) is 10.7. The molecule has 0 radical (unpaired) electrons. The van der Waals surface area contributed by atoms with Crippen molar-refractivity contribution in [3.8, 4) is 0 Å². The highest BCUT2D eigenvalue weighted by Crippen LogP contribution is 2.27. The first-order valence-electron chi connectivity index (χ1n) is 9.52. The maximum atomic E-state index is 13.1. The van der Waals surface area contributed by atoms with E-state index in [4.69, 9.17) is 0 Å². The normalized spacial score (nSPS) is 13.7. The number of hydrogen-bond acceptors (Lipinski definition) is 5.